The number of nitriles is 1. The minimum Gasteiger partial charge on any atom is -0.481 e. The average Bonchev–Trinajstić information content (AvgIpc) is 2.47. The molecule has 0 bridgehead atoms. The molecule has 1 rings (SSSR count). The minimum absolute atomic E-state index is 0.205. The predicted molar refractivity (Wildman–Crippen MR) is 71.0 cm³/mol. The molecule has 1 heterocycles. The molecule has 2 amide bonds. The lowest BCUT2D eigenvalue weighted by atomic mass is 9.98. The normalized spacial score (nSPS) is 18.4. The van der Waals surface area contributed by atoms with E-state index in [1.165, 1.54) is 0 Å². The van der Waals surface area contributed by atoms with Crippen molar-refractivity contribution in [3.63, 3.8) is 0 Å². The number of likely N-dealkylation sites (tertiary alicyclic amines) is 1. The Hall–Kier alpha value is -1.81. The standard InChI is InChI=1S/C13H21N3O4/c1-20-9-8-15(7-3-5-14)13(19)16-6-2-4-11(10-16)12(17)18/h11H,2-4,6-10H2,1H3,(H,17,18)/t11-/m1/s1. The van der Waals surface area contributed by atoms with Crippen molar-refractivity contribution in [1.82, 2.24) is 9.80 Å². The molecule has 1 fully saturated rings. The summed E-state index contributed by atoms with van der Waals surface area (Å²) in [6, 6.07) is 1.81. The van der Waals surface area contributed by atoms with E-state index in [1.54, 1.807) is 16.9 Å². The van der Waals surface area contributed by atoms with Gasteiger partial charge in [0.1, 0.15) is 0 Å². The second kappa shape index (κ2) is 8.38. The van der Waals surface area contributed by atoms with Gasteiger partial charge in [0.15, 0.2) is 0 Å². The number of hydrogen-bond donors (Lipinski definition) is 1. The number of amides is 2. The lowest BCUT2D eigenvalue weighted by Crippen LogP contribution is -2.49. The average molecular weight is 283 g/mol. The highest BCUT2D eigenvalue weighted by Crippen LogP contribution is 2.18. The third-order valence-electron chi connectivity index (χ3n) is 3.37. The van der Waals surface area contributed by atoms with Gasteiger partial charge >= 0.3 is 12.0 Å². The zero-order chi connectivity index (χ0) is 15.0. The van der Waals surface area contributed by atoms with Gasteiger partial charge in [-0.15, -0.1) is 0 Å². The summed E-state index contributed by atoms with van der Waals surface area (Å²) >= 11 is 0. The highest BCUT2D eigenvalue weighted by Gasteiger charge is 2.30. The van der Waals surface area contributed by atoms with Crippen LogP contribution in [-0.2, 0) is 9.53 Å². The Labute approximate surface area is 118 Å². The first kappa shape index (κ1) is 16.2. The number of carboxylic acid groups (broad SMARTS) is 1. The molecule has 112 valence electrons. The third-order valence-corrected chi connectivity index (χ3v) is 3.37. The van der Waals surface area contributed by atoms with E-state index < -0.39 is 11.9 Å². The van der Waals surface area contributed by atoms with Gasteiger partial charge in [-0.25, -0.2) is 4.79 Å². The number of carboxylic acids is 1. The molecule has 0 spiro atoms. The van der Waals surface area contributed by atoms with Crippen LogP contribution < -0.4 is 0 Å². The maximum Gasteiger partial charge on any atom is 0.320 e. The Balaban J connectivity index is 2.62. The second-order valence-electron chi connectivity index (χ2n) is 4.79. The van der Waals surface area contributed by atoms with Gasteiger partial charge < -0.3 is 19.6 Å². The van der Waals surface area contributed by atoms with E-state index in [1.807, 2.05) is 6.07 Å². The lowest BCUT2D eigenvalue weighted by Gasteiger charge is -2.35. The molecule has 0 aliphatic carbocycles. The maximum absolute atomic E-state index is 12.4. The Kier molecular flexibility index (Phi) is 6.81. The SMILES string of the molecule is COCCN(CCC#N)C(=O)N1CCC[C@@H](C(=O)O)C1. The molecular weight excluding hydrogens is 262 g/mol. The van der Waals surface area contributed by atoms with Crippen LogP contribution in [0.25, 0.3) is 0 Å². The number of methoxy groups -OCH3 is 1. The molecular formula is C13H21N3O4. The van der Waals surface area contributed by atoms with Gasteiger partial charge in [0.2, 0.25) is 0 Å². The maximum atomic E-state index is 12.4. The smallest absolute Gasteiger partial charge is 0.320 e. The van der Waals surface area contributed by atoms with Crippen molar-refractivity contribution >= 4 is 12.0 Å². The summed E-state index contributed by atoms with van der Waals surface area (Å²) in [4.78, 5) is 26.5. The van der Waals surface area contributed by atoms with Crippen LogP contribution in [0.2, 0.25) is 0 Å². The van der Waals surface area contributed by atoms with Gasteiger partial charge in [0.25, 0.3) is 0 Å². The third kappa shape index (κ3) is 4.70. The van der Waals surface area contributed by atoms with Crippen LogP contribution in [0.4, 0.5) is 4.79 Å². The second-order valence-corrected chi connectivity index (χ2v) is 4.79. The molecule has 1 aliphatic rings. The molecule has 7 heteroatoms. The van der Waals surface area contributed by atoms with Crippen LogP contribution in [0.15, 0.2) is 0 Å². The van der Waals surface area contributed by atoms with E-state index in [0.29, 0.717) is 39.1 Å². The number of hydrogen-bond acceptors (Lipinski definition) is 4. The fourth-order valence-electron chi connectivity index (χ4n) is 2.24. The first-order chi connectivity index (χ1) is 9.60. The fourth-order valence-corrected chi connectivity index (χ4v) is 2.24. The van der Waals surface area contributed by atoms with E-state index in [4.69, 9.17) is 15.1 Å². The van der Waals surface area contributed by atoms with Gasteiger partial charge in [-0.1, -0.05) is 0 Å². The molecule has 1 atom stereocenters. The molecule has 7 nitrogen and oxygen atoms in total. The molecule has 0 unspecified atom stereocenters. The summed E-state index contributed by atoms with van der Waals surface area (Å²) in [5, 5.41) is 17.7. The summed E-state index contributed by atoms with van der Waals surface area (Å²) in [7, 11) is 1.55. The summed E-state index contributed by atoms with van der Waals surface area (Å²) in [5.74, 6) is -1.35. The number of nitrogens with zero attached hydrogens (tertiary/aromatic N) is 3. The van der Waals surface area contributed by atoms with Crippen molar-refractivity contribution in [2.45, 2.75) is 19.3 Å². The minimum atomic E-state index is -0.858. The van der Waals surface area contributed by atoms with E-state index in [-0.39, 0.29) is 19.0 Å². The molecule has 0 aromatic carbocycles. The summed E-state index contributed by atoms with van der Waals surface area (Å²) in [6.45, 7) is 1.95. The van der Waals surface area contributed by atoms with E-state index in [2.05, 4.69) is 0 Å². The molecule has 1 aliphatic heterocycles. The molecule has 1 N–H and O–H groups in total. The number of urea groups is 1. The van der Waals surface area contributed by atoms with E-state index in [9.17, 15) is 9.59 Å². The quantitative estimate of drug-likeness (QED) is 0.777. The van der Waals surface area contributed by atoms with Crippen LogP contribution >= 0.6 is 0 Å². The number of piperidine rings is 1. The molecule has 0 aromatic rings. The Morgan fingerprint density at radius 2 is 2.25 bits per heavy atom. The topological polar surface area (TPSA) is 93.9 Å². The van der Waals surface area contributed by atoms with Gasteiger partial charge in [-0.3, -0.25) is 4.79 Å². The molecule has 20 heavy (non-hydrogen) atoms. The molecule has 0 aromatic heterocycles. The van der Waals surface area contributed by atoms with Crippen LogP contribution in [0.5, 0.6) is 0 Å². The zero-order valence-corrected chi connectivity index (χ0v) is 11.7. The van der Waals surface area contributed by atoms with Gasteiger partial charge in [-0.05, 0) is 12.8 Å². The lowest BCUT2D eigenvalue weighted by molar-refractivity contribution is -0.143. The van der Waals surface area contributed by atoms with Gasteiger partial charge in [0.05, 0.1) is 25.0 Å². The number of carbonyl (C=O) groups excluding carboxylic acids is 1. The van der Waals surface area contributed by atoms with Crippen LogP contribution in [0, 0.1) is 17.2 Å². The highest BCUT2D eigenvalue weighted by atomic mass is 16.5. The molecule has 0 saturated carbocycles. The number of rotatable bonds is 6. The van der Waals surface area contributed by atoms with Crippen molar-refractivity contribution in [2.24, 2.45) is 5.92 Å². The number of aliphatic carboxylic acids is 1. The van der Waals surface area contributed by atoms with E-state index in [0.717, 1.165) is 0 Å². The van der Waals surface area contributed by atoms with Gasteiger partial charge in [0, 0.05) is 33.3 Å². The fraction of sp³-hybridized carbons (Fsp3) is 0.769. The number of ether oxygens (including phenoxy) is 1. The van der Waals surface area contributed by atoms with Crippen LogP contribution in [0.1, 0.15) is 19.3 Å². The Bertz CT molecular complexity index is 380. The predicted octanol–water partition coefficient (Wildman–Crippen LogP) is 0.765. The summed E-state index contributed by atoms with van der Waals surface area (Å²) in [6.07, 6.45) is 1.56. The van der Waals surface area contributed by atoms with Crippen LogP contribution in [-0.4, -0.2) is 66.8 Å². The van der Waals surface area contributed by atoms with Crippen molar-refractivity contribution in [1.29, 1.82) is 5.26 Å². The van der Waals surface area contributed by atoms with Gasteiger partial charge in [-0.2, -0.15) is 5.26 Å². The Morgan fingerprint density at radius 1 is 1.50 bits per heavy atom. The van der Waals surface area contributed by atoms with Crippen molar-refractivity contribution in [3.8, 4) is 6.07 Å². The first-order valence-electron chi connectivity index (χ1n) is 6.72. The first-order valence-corrected chi connectivity index (χ1v) is 6.72. The zero-order valence-electron chi connectivity index (χ0n) is 11.7. The monoisotopic (exact) mass is 283 g/mol. The Morgan fingerprint density at radius 3 is 2.85 bits per heavy atom. The van der Waals surface area contributed by atoms with Crippen molar-refractivity contribution in [3.05, 3.63) is 0 Å². The van der Waals surface area contributed by atoms with E-state index >= 15 is 0 Å². The highest BCUT2D eigenvalue weighted by molar-refractivity contribution is 5.76. The summed E-state index contributed by atoms with van der Waals surface area (Å²) in [5.41, 5.74) is 0. The van der Waals surface area contributed by atoms with Crippen molar-refractivity contribution in [2.75, 3.05) is 39.9 Å². The number of carbonyl (C=O) groups is 2. The molecule has 1 saturated heterocycles. The largest absolute Gasteiger partial charge is 0.481 e. The van der Waals surface area contributed by atoms with Crippen LogP contribution in [0.3, 0.4) is 0 Å². The molecule has 0 radical (unpaired) electrons. The van der Waals surface area contributed by atoms with Crippen molar-refractivity contribution < 1.29 is 19.4 Å². The summed E-state index contributed by atoms with van der Waals surface area (Å²) < 4.78 is 4.96.